The van der Waals surface area contributed by atoms with Crippen LogP contribution in [0.25, 0.3) is 11.2 Å². The van der Waals surface area contributed by atoms with E-state index in [0.717, 1.165) is 32.1 Å². The predicted molar refractivity (Wildman–Crippen MR) is 132 cm³/mol. The molecule has 2 aromatic heterocycles. The SMILES string of the molecule is CCCCCCCCC(=O)NCC(=O)N[C@@H]1[C@@H](O)[C@@H](O)[C@H](Nc2ncnc3nc[nH]c23)O[C@H]1[C@H](O)CO. The minimum Gasteiger partial charge on any atom is -0.394 e. The van der Waals surface area contributed by atoms with E-state index in [2.05, 4.69) is 42.8 Å². The molecule has 0 aromatic carbocycles. The van der Waals surface area contributed by atoms with Crippen molar-refractivity contribution in [3.05, 3.63) is 12.7 Å². The van der Waals surface area contributed by atoms with Gasteiger partial charge in [-0.1, -0.05) is 39.0 Å². The Morgan fingerprint density at radius 1 is 1.08 bits per heavy atom. The molecule has 8 N–H and O–H groups in total. The molecule has 1 aliphatic rings. The molecule has 0 bridgehead atoms. The molecule has 14 heteroatoms. The van der Waals surface area contributed by atoms with Crippen LogP contribution in [0.5, 0.6) is 0 Å². The van der Waals surface area contributed by atoms with Gasteiger partial charge in [-0.3, -0.25) is 9.59 Å². The number of nitrogens with one attached hydrogen (secondary N) is 4. The smallest absolute Gasteiger partial charge is 0.239 e. The molecule has 206 valence electrons. The number of unbranched alkanes of at least 4 members (excludes halogenated alkanes) is 5. The van der Waals surface area contributed by atoms with Crippen molar-refractivity contribution in [1.29, 1.82) is 0 Å². The van der Waals surface area contributed by atoms with E-state index in [9.17, 15) is 30.0 Å². The standard InChI is InChI=1S/C23H37N7O7/c1-2-3-4-5-6-7-8-14(33)24-9-15(34)29-16-18(35)19(36)23(37-20(16)13(32)10-31)30-22-17-21(26-11-25-17)27-12-28-22/h11-13,16,18-20,23,31-32,35-36H,2-10H2,1H3,(H,24,33)(H,29,34)(H2,25,26,27,28,30)/t13-,16-,18-,19-,20+,23-/m1/s1. The number of nitrogens with zero attached hydrogens (tertiary/aromatic N) is 3. The van der Waals surface area contributed by atoms with Gasteiger partial charge >= 0.3 is 0 Å². The molecule has 1 aliphatic heterocycles. The van der Waals surface area contributed by atoms with Crippen LogP contribution in [0.15, 0.2) is 12.7 Å². The van der Waals surface area contributed by atoms with Crippen molar-refractivity contribution in [3.63, 3.8) is 0 Å². The first kappa shape index (κ1) is 28.7. The minimum atomic E-state index is -1.58. The molecule has 0 spiro atoms. The summed E-state index contributed by atoms with van der Waals surface area (Å²) < 4.78 is 5.76. The number of anilines is 1. The van der Waals surface area contributed by atoms with Crippen molar-refractivity contribution in [2.45, 2.75) is 88.6 Å². The molecule has 6 atom stereocenters. The number of imidazole rings is 1. The Morgan fingerprint density at radius 3 is 2.59 bits per heavy atom. The van der Waals surface area contributed by atoms with E-state index < -0.39 is 49.2 Å². The topological polar surface area (TPSA) is 215 Å². The number of carbonyl (C=O) groups excluding carboxylic acids is 2. The number of hydrogen-bond acceptors (Lipinski definition) is 11. The van der Waals surface area contributed by atoms with E-state index in [1.165, 1.54) is 19.1 Å². The lowest BCUT2D eigenvalue weighted by Gasteiger charge is -2.44. The first-order valence-electron chi connectivity index (χ1n) is 12.6. The summed E-state index contributed by atoms with van der Waals surface area (Å²) >= 11 is 0. The number of carbonyl (C=O) groups is 2. The normalized spacial score (nSPS) is 24.5. The number of aliphatic hydroxyl groups is 4. The zero-order chi connectivity index (χ0) is 26.8. The second-order valence-corrected chi connectivity index (χ2v) is 9.11. The Morgan fingerprint density at radius 2 is 1.84 bits per heavy atom. The van der Waals surface area contributed by atoms with Crippen LogP contribution >= 0.6 is 0 Å². The van der Waals surface area contributed by atoms with Crippen molar-refractivity contribution in [1.82, 2.24) is 30.6 Å². The Labute approximate surface area is 214 Å². The highest BCUT2D eigenvalue weighted by molar-refractivity contribution is 5.85. The maximum atomic E-state index is 12.5. The molecule has 14 nitrogen and oxygen atoms in total. The van der Waals surface area contributed by atoms with Crippen molar-refractivity contribution in [2.75, 3.05) is 18.5 Å². The molecular weight excluding hydrogens is 486 g/mol. The van der Waals surface area contributed by atoms with Gasteiger partial charge in [-0.05, 0) is 6.42 Å². The molecule has 37 heavy (non-hydrogen) atoms. The van der Waals surface area contributed by atoms with Gasteiger partial charge in [-0.15, -0.1) is 0 Å². The molecule has 2 aromatic rings. The van der Waals surface area contributed by atoms with Crippen molar-refractivity contribution in [2.24, 2.45) is 0 Å². The van der Waals surface area contributed by atoms with Crippen molar-refractivity contribution < 1.29 is 34.8 Å². The molecular formula is C23H37N7O7. The van der Waals surface area contributed by atoms with Crippen LogP contribution in [0, 0.1) is 0 Å². The summed E-state index contributed by atoms with van der Waals surface area (Å²) in [6.45, 7) is 1.06. The Hall–Kier alpha value is -2.91. The molecule has 0 saturated carbocycles. The number of amides is 2. The number of rotatable bonds is 14. The van der Waals surface area contributed by atoms with E-state index >= 15 is 0 Å². The monoisotopic (exact) mass is 523 g/mol. The average Bonchev–Trinajstić information content (AvgIpc) is 3.38. The number of ether oxygens (including phenoxy) is 1. The zero-order valence-electron chi connectivity index (χ0n) is 20.8. The fraction of sp³-hybridized carbons (Fsp3) is 0.696. The summed E-state index contributed by atoms with van der Waals surface area (Å²) in [5.74, 6) is -0.684. The number of aliphatic hydroxyl groups excluding tert-OH is 4. The average molecular weight is 524 g/mol. The van der Waals surface area contributed by atoms with Gasteiger partial charge in [0.25, 0.3) is 0 Å². The largest absolute Gasteiger partial charge is 0.394 e. The fourth-order valence-electron chi connectivity index (χ4n) is 4.22. The van der Waals surface area contributed by atoms with Gasteiger partial charge in [0.1, 0.15) is 36.3 Å². The summed E-state index contributed by atoms with van der Waals surface area (Å²) in [6, 6.07) is -1.27. The van der Waals surface area contributed by atoms with Crippen LogP contribution in [-0.4, -0.2) is 102 Å². The number of aromatic amines is 1. The Balaban J connectivity index is 1.55. The summed E-state index contributed by atoms with van der Waals surface area (Å²) in [5.41, 5.74) is 0.790. The second-order valence-electron chi connectivity index (χ2n) is 9.11. The quantitative estimate of drug-likeness (QED) is 0.139. The molecule has 3 rings (SSSR count). The number of fused-ring (bicyclic) bond motifs is 1. The lowest BCUT2D eigenvalue weighted by atomic mass is 9.92. The van der Waals surface area contributed by atoms with Crippen LogP contribution in [0.3, 0.4) is 0 Å². The molecule has 3 heterocycles. The van der Waals surface area contributed by atoms with Gasteiger partial charge < -0.3 is 46.1 Å². The second kappa shape index (κ2) is 14.1. The van der Waals surface area contributed by atoms with Crippen LogP contribution in [-0.2, 0) is 14.3 Å². The molecule has 1 fully saturated rings. The number of hydrogen-bond donors (Lipinski definition) is 8. The van der Waals surface area contributed by atoms with E-state index in [4.69, 9.17) is 4.74 Å². The molecule has 0 unspecified atom stereocenters. The number of aromatic nitrogens is 4. The third-order valence-corrected chi connectivity index (χ3v) is 6.29. The van der Waals surface area contributed by atoms with Gasteiger partial charge in [0.15, 0.2) is 17.7 Å². The van der Waals surface area contributed by atoms with Crippen LogP contribution in [0.2, 0.25) is 0 Å². The Kier molecular flexibility index (Phi) is 11.0. The van der Waals surface area contributed by atoms with Crippen LogP contribution in [0.4, 0.5) is 5.82 Å². The highest BCUT2D eigenvalue weighted by Crippen LogP contribution is 2.26. The fourth-order valence-corrected chi connectivity index (χ4v) is 4.22. The summed E-state index contributed by atoms with van der Waals surface area (Å²) in [5, 5.41) is 49.2. The highest BCUT2D eigenvalue weighted by atomic mass is 16.5. The maximum Gasteiger partial charge on any atom is 0.239 e. The van der Waals surface area contributed by atoms with E-state index in [-0.39, 0.29) is 18.3 Å². The third-order valence-electron chi connectivity index (χ3n) is 6.29. The van der Waals surface area contributed by atoms with Gasteiger partial charge in [-0.25, -0.2) is 15.0 Å². The lowest BCUT2D eigenvalue weighted by molar-refractivity contribution is -0.204. The van der Waals surface area contributed by atoms with Crippen molar-refractivity contribution in [3.8, 4) is 0 Å². The van der Waals surface area contributed by atoms with Gasteiger partial charge in [-0.2, -0.15) is 0 Å². The van der Waals surface area contributed by atoms with E-state index in [1.54, 1.807) is 0 Å². The first-order valence-corrected chi connectivity index (χ1v) is 12.6. The molecule has 0 aliphatic carbocycles. The van der Waals surface area contributed by atoms with Gasteiger partial charge in [0.2, 0.25) is 11.8 Å². The lowest BCUT2D eigenvalue weighted by Crippen LogP contribution is -2.68. The highest BCUT2D eigenvalue weighted by Gasteiger charge is 2.48. The van der Waals surface area contributed by atoms with Crippen LogP contribution in [0.1, 0.15) is 51.9 Å². The molecule has 0 radical (unpaired) electrons. The zero-order valence-corrected chi connectivity index (χ0v) is 20.8. The summed E-state index contributed by atoms with van der Waals surface area (Å²) in [4.78, 5) is 39.5. The predicted octanol–water partition coefficient (Wildman–Crippen LogP) is -1.08. The maximum absolute atomic E-state index is 12.5. The van der Waals surface area contributed by atoms with Crippen molar-refractivity contribution >= 4 is 28.8 Å². The van der Waals surface area contributed by atoms with Gasteiger partial charge in [0.05, 0.1) is 25.5 Å². The summed E-state index contributed by atoms with van der Waals surface area (Å²) in [6.07, 6.45) is 2.00. The third kappa shape index (κ3) is 7.79. The van der Waals surface area contributed by atoms with Gasteiger partial charge in [0, 0.05) is 6.42 Å². The Bertz CT molecular complexity index is 1010. The molecule has 1 saturated heterocycles. The number of H-pyrrole nitrogens is 1. The van der Waals surface area contributed by atoms with E-state index in [1.807, 2.05) is 0 Å². The summed E-state index contributed by atoms with van der Waals surface area (Å²) in [7, 11) is 0. The first-order chi connectivity index (χ1) is 17.8. The van der Waals surface area contributed by atoms with Crippen LogP contribution < -0.4 is 16.0 Å². The van der Waals surface area contributed by atoms with E-state index in [0.29, 0.717) is 17.6 Å². The molecule has 2 amide bonds. The minimum absolute atomic E-state index is 0.228.